The Kier molecular flexibility index (Phi) is 7.39. The molecule has 2 saturated heterocycles. The zero-order valence-corrected chi connectivity index (χ0v) is 18.3. The number of aromatic hydroxyl groups is 1. The number of phenolic OH excluding ortho intramolecular Hbond substituents is 1. The molecule has 0 saturated carbocycles. The van der Waals surface area contributed by atoms with E-state index >= 15 is 0 Å². The van der Waals surface area contributed by atoms with Crippen molar-refractivity contribution in [1.82, 2.24) is 4.90 Å². The molecular formula is C26H35N3O2+2. The largest absolute Gasteiger partial charge is 0.507 e. The number of para-hydroxylation sites is 1. The van der Waals surface area contributed by atoms with E-state index in [-0.39, 0.29) is 5.92 Å². The van der Waals surface area contributed by atoms with Crippen LogP contribution in [0.1, 0.15) is 24.0 Å². The van der Waals surface area contributed by atoms with Crippen LogP contribution in [-0.4, -0.2) is 61.7 Å². The molecule has 2 aliphatic heterocycles. The van der Waals surface area contributed by atoms with E-state index in [2.05, 4.69) is 41.3 Å². The maximum absolute atomic E-state index is 13.0. The summed E-state index contributed by atoms with van der Waals surface area (Å²) in [5.74, 6) is 0.917. The number of nitrogens with zero attached hydrogens (tertiary/aromatic N) is 1. The van der Waals surface area contributed by atoms with Crippen LogP contribution >= 0.6 is 0 Å². The van der Waals surface area contributed by atoms with Crippen molar-refractivity contribution in [3.8, 4) is 5.75 Å². The summed E-state index contributed by atoms with van der Waals surface area (Å²) >= 11 is 0. The van der Waals surface area contributed by atoms with Crippen LogP contribution in [0.5, 0.6) is 5.75 Å². The number of phenols is 1. The van der Waals surface area contributed by atoms with E-state index in [1.54, 1.807) is 11.0 Å². The first-order valence-electron chi connectivity index (χ1n) is 11.6. The summed E-state index contributed by atoms with van der Waals surface area (Å²) in [6.45, 7) is 7.67. The number of quaternary nitrogens is 2. The van der Waals surface area contributed by atoms with E-state index in [0.29, 0.717) is 11.7 Å². The fourth-order valence-corrected chi connectivity index (χ4v) is 4.81. The van der Waals surface area contributed by atoms with E-state index in [9.17, 15) is 9.90 Å². The quantitative estimate of drug-likeness (QED) is 0.641. The van der Waals surface area contributed by atoms with E-state index in [1.165, 1.54) is 10.5 Å². The topological polar surface area (TPSA) is 49.4 Å². The molecule has 2 aromatic rings. The maximum Gasteiger partial charge on any atom is 0.226 e. The standard InChI is InChI=1S/C26H33N3O2/c30-25-11-5-4-10-24(25)21-28-15-12-23(13-16-28)26(31)29-19-17-27(18-20-29)14-6-9-22-7-2-1-3-8-22/h1-11,23,30H,12-21H2/p+2/b9-6+. The molecule has 4 rings (SSSR count). The highest BCUT2D eigenvalue weighted by atomic mass is 16.3. The number of nitrogens with one attached hydrogen (secondary N) is 2. The van der Waals surface area contributed by atoms with Crippen molar-refractivity contribution in [2.24, 2.45) is 5.92 Å². The van der Waals surface area contributed by atoms with Crippen molar-refractivity contribution >= 4 is 12.0 Å². The number of likely N-dealkylation sites (tertiary alicyclic amines) is 1. The molecule has 2 fully saturated rings. The molecule has 0 radical (unpaired) electrons. The van der Waals surface area contributed by atoms with Crippen LogP contribution < -0.4 is 9.80 Å². The zero-order valence-electron chi connectivity index (χ0n) is 18.3. The summed E-state index contributed by atoms with van der Waals surface area (Å²) in [7, 11) is 0. The van der Waals surface area contributed by atoms with Gasteiger partial charge in [-0.2, -0.15) is 0 Å². The van der Waals surface area contributed by atoms with Gasteiger partial charge in [0.25, 0.3) is 0 Å². The monoisotopic (exact) mass is 421 g/mol. The Morgan fingerprint density at radius 2 is 1.61 bits per heavy atom. The third-order valence-corrected chi connectivity index (χ3v) is 6.77. The highest BCUT2D eigenvalue weighted by molar-refractivity contribution is 5.79. The summed E-state index contributed by atoms with van der Waals surface area (Å²) in [4.78, 5) is 18.1. The minimum Gasteiger partial charge on any atom is -0.507 e. The molecule has 2 heterocycles. The van der Waals surface area contributed by atoms with Gasteiger partial charge >= 0.3 is 0 Å². The van der Waals surface area contributed by atoms with Gasteiger partial charge in [0.1, 0.15) is 12.3 Å². The Balaban J connectivity index is 1.18. The Labute approximate surface area is 185 Å². The lowest BCUT2D eigenvalue weighted by Crippen LogP contribution is -3.14. The molecule has 3 N–H and O–H groups in total. The lowest BCUT2D eigenvalue weighted by Gasteiger charge is -2.36. The Morgan fingerprint density at radius 3 is 2.32 bits per heavy atom. The lowest BCUT2D eigenvalue weighted by atomic mass is 9.94. The summed E-state index contributed by atoms with van der Waals surface area (Å²) in [5, 5.41) is 10.0. The molecule has 0 unspecified atom stereocenters. The molecule has 2 aromatic carbocycles. The van der Waals surface area contributed by atoms with Gasteiger partial charge in [-0.3, -0.25) is 4.79 Å². The third kappa shape index (κ3) is 5.96. The first-order valence-corrected chi connectivity index (χ1v) is 11.6. The molecule has 1 amide bonds. The zero-order chi connectivity index (χ0) is 21.5. The van der Waals surface area contributed by atoms with Crippen LogP contribution in [0, 0.1) is 5.92 Å². The summed E-state index contributed by atoms with van der Waals surface area (Å²) in [6, 6.07) is 18.0. The molecule has 164 valence electrons. The summed E-state index contributed by atoms with van der Waals surface area (Å²) in [6.07, 6.45) is 6.35. The van der Waals surface area contributed by atoms with E-state index in [4.69, 9.17) is 0 Å². The normalized spacial score (nSPS) is 22.6. The second kappa shape index (κ2) is 10.6. The fourth-order valence-electron chi connectivity index (χ4n) is 4.81. The highest BCUT2D eigenvalue weighted by Gasteiger charge is 2.32. The van der Waals surface area contributed by atoms with Gasteiger partial charge in [-0.1, -0.05) is 48.5 Å². The van der Waals surface area contributed by atoms with Crippen LogP contribution in [0.25, 0.3) is 6.08 Å². The number of piperazine rings is 1. The van der Waals surface area contributed by atoms with Gasteiger partial charge in [0.05, 0.1) is 45.8 Å². The summed E-state index contributed by atoms with van der Waals surface area (Å²) in [5.41, 5.74) is 2.24. The first-order chi connectivity index (χ1) is 15.2. The number of rotatable bonds is 6. The molecule has 31 heavy (non-hydrogen) atoms. The van der Waals surface area contributed by atoms with Gasteiger partial charge in [0, 0.05) is 24.3 Å². The van der Waals surface area contributed by atoms with E-state index in [1.807, 2.05) is 24.3 Å². The number of amides is 1. The van der Waals surface area contributed by atoms with E-state index in [0.717, 1.165) is 70.8 Å². The van der Waals surface area contributed by atoms with Crippen LogP contribution in [0.15, 0.2) is 60.7 Å². The van der Waals surface area contributed by atoms with Gasteiger partial charge in [0.15, 0.2) is 0 Å². The molecule has 2 aliphatic rings. The summed E-state index contributed by atoms with van der Waals surface area (Å²) < 4.78 is 0. The molecule has 0 spiro atoms. The molecular weight excluding hydrogens is 386 g/mol. The van der Waals surface area contributed by atoms with Crippen LogP contribution in [0.4, 0.5) is 0 Å². The number of carbonyl (C=O) groups is 1. The van der Waals surface area contributed by atoms with Gasteiger partial charge in [0.2, 0.25) is 5.91 Å². The highest BCUT2D eigenvalue weighted by Crippen LogP contribution is 2.17. The second-order valence-electron chi connectivity index (χ2n) is 8.92. The van der Waals surface area contributed by atoms with E-state index < -0.39 is 0 Å². The average molecular weight is 422 g/mol. The second-order valence-corrected chi connectivity index (χ2v) is 8.92. The fraction of sp³-hybridized carbons (Fsp3) is 0.423. The number of benzene rings is 2. The number of piperidine rings is 1. The predicted octanol–water partition coefficient (Wildman–Crippen LogP) is 0.628. The van der Waals surface area contributed by atoms with Gasteiger partial charge in [-0.25, -0.2) is 0 Å². The van der Waals surface area contributed by atoms with Crippen molar-refractivity contribution in [2.75, 3.05) is 45.8 Å². The SMILES string of the molecule is O=C(C1CC[NH+](Cc2ccccc2O)CC1)N1CC[NH+](C/C=C/c2ccccc2)CC1. The Hall–Kier alpha value is -2.63. The van der Waals surface area contributed by atoms with Crippen molar-refractivity contribution < 1.29 is 19.7 Å². The first kappa shape index (κ1) is 21.6. The van der Waals surface area contributed by atoms with Crippen molar-refractivity contribution in [3.05, 3.63) is 71.8 Å². The van der Waals surface area contributed by atoms with Gasteiger partial charge in [-0.15, -0.1) is 0 Å². The van der Waals surface area contributed by atoms with Crippen molar-refractivity contribution in [1.29, 1.82) is 0 Å². The van der Waals surface area contributed by atoms with Crippen LogP contribution in [0.3, 0.4) is 0 Å². The minimum absolute atomic E-state index is 0.174. The molecule has 0 aromatic heterocycles. The average Bonchev–Trinajstić information content (AvgIpc) is 2.82. The molecule has 0 atom stereocenters. The molecule has 5 heteroatoms. The maximum atomic E-state index is 13.0. The van der Waals surface area contributed by atoms with Gasteiger partial charge < -0.3 is 19.8 Å². The smallest absolute Gasteiger partial charge is 0.226 e. The van der Waals surface area contributed by atoms with Crippen molar-refractivity contribution in [2.45, 2.75) is 19.4 Å². The number of hydrogen-bond donors (Lipinski definition) is 3. The number of carbonyl (C=O) groups excluding carboxylic acids is 1. The van der Waals surface area contributed by atoms with Crippen LogP contribution in [-0.2, 0) is 11.3 Å². The van der Waals surface area contributed by atoms with Gasteiger partial charge in [-0.05, 0) is 23.8 Å². The lowest BCUT2D eigenvalue weighted by molar-refractivity contribution is -0.919. The Morgan fingerprint density at radius 1 is 0.935 bits per heavy atom. The van der Waals surface area contributed by atoms with Crippen LogP contribution in [0.2, 0.25) is 0 Å². The minimum atomic E-state index is 0.174. The predicted molar refractivity (Wildman–Crippen MR) is 123 cm³/mol. The Bertz CT molecular complexity index is 867. The molecule has 0 bridgehead atoms. The molecule has 5 nitrogen and oxygen atoms in total. The molecule has 0 aliphatic carbocycles. The van der Waals surface area contributed by atoms with Crippen molar-refractivity contribution in [3.63, 3.8) is 0 Å². The third-order valence-electron chi connectivity index (χ3n) is 6.77. The number of hydrogen-bond acceptors (Lipinski definition) is 2.